The fourth-order valence-corrected chi connectivity index (χ4v) is 3.25. The van der Waals surface area contributed by atoms with Crippen molar-refractivity contribution in [1.29, 1.82) is 0 Å². The van der Waals surface area contributed by atoms with E-state index in [9.17, 15) is 9.59 Å². The predicted molar refractivity (Wildman–Crippen MR) is 110 cm³/mol. The van der Waals surface area contributed by atoms with Crippen LogP contribution in [0.1, 0.15) is 54.3 Å². The number of aromatic nitrogens is 1. The van der Waals surface area contributed by atoms with E-state index in [2.05, 4.69) is 15.6 Å². The van der Waals surface area contributed by atoms with Crippen molar-refractivity contribution in [2.24, 2.45) is 0 Å². The van der Waals surface area contributed by atoms with Gasteiger partial charge in [0.25, 0.3) is 5.91 Å². The number of thiazole rings is 1. The van der Waals surface area contributed by atoms with Crippen LogP contribution in [0.3, 0.4) is 0 Å². The van der Waals surface area contributed by atoms with Gasteiger partial charge in [0.2, 0.25) is 0 Å². The zero-order valence-electron chi connectivity index (χ0n) is 16.8. The molecule has 1 aromatic heterocycles. The smallest absolute Gasteiger partial charge is 0.322 e. The van der Waals surface area contributed by atoms with Gasteiger partial charge in [0, 0.05) is 23.2 Å². The standard InChI is InChI=1S/C20H28N4O2S/c1-12(2)21-19(25)17-11-27-18(23-17)10-24(13(3)4)20(26)22-16-8-7-14(5)15(6)9-16/h7-9,11-13H,10H2,1-6H3,(H,21,25)(H,22,26). The Labute approximate surface area is 165 Å². The molecule has 0 saturated carbocycles. The Bertz CT molecular complexity index is 814. The molecule has 0 radical (unpaired) electrons. The zero-order chi connectivity index (χ0) is 20.1. The Balaban J connectivity index is 2.08. The lowest BCUT2D eigenvalue weighted by Gasteiger charge is -2.26. The quantitative estimate of drug-likeness (QED) is 0.773. The van der Waals surface area contributed by atoms with Crippen LogP contribution >= 0.6 is 11.3 Å². The van der Waals surface area contributed by atoms with Crippen LogP contribution in [-0.4, -0.2) is 33.9 Å². The number of hydrogen-bond donors (Lipinski definition) is 2. The molecule has 2 N–H and O–H groups in total. The van der Waals surface area contributed by atoms with Crippen LogP contribution in [0.15, 0.2) is 23.6 Å². The summed E-state index contributed by atoms with van der Waals surface area (Å²) < 4.78 is 0. The Morgan fingerprint density at radius 1 is 1.15 bits per heavy atom. The molecule has 2 rings (SSSR count). The van der Waals surface area contributed by atoms with E-state index in [4.69, 9.17) is 0 Å². The first-order valence-corrected chi connectivity index (χ1v) is 9.95. The molecule has 1 aromatic carbocycles. The number of carbonyl (C=O) groups excluding carboxylic acids is 2. The maximum Gasteiger partial charge on any atom is 0.322 e. The summed E-state index contributed by atoms with van der Waals surface area (Å²) in [6.07, 6.45) is 0. The Morgan fingerprint density at radius 2 is 1.85 bits per heavy atom. The van der Waals surface area contributed by atoms with Gasteiger partial charge >= 0.3 is 6.03 Å². The summed E-state index contributed by atoms with van der Waals surface area (Å²) in [6, 6.07) is 5.72. The van der Waals surface area contributed by atoms with Crippen molar-refractivity contribution in [3.8, 4) is 0 Å². The van der Waals surface area contributed by atoms with Gasteiger partial charge in [0.15, 0.2) is 0 Å². The molecule has 0 unspecified atom stereocenters. The maximum atomic E-state index is 12.8. The van der Waals surface area contributed by atoms with Crippen molar-refractivity contribution in [3.63, 3.8) is 0 Å². The molecule has 2 aromatic rings. The van der Waals surface area contributed by atoms with Crippen LogP contribution in [0.25, 0.3) is 0 Å². The third-order valence-electron chi connectivity index (χ3n) is 4.15. The molecule has 146 valence electrons. The number of benzene rings is 1. The topological polar surface area (TPSA) is 74.3 Å². The van der Waals surface area contributed by atoms with Crippen LogP contribution in [0.4, 0.5) is 10.5 Å². The van der Waals surface area contributed by atoms with Crippen molar-refractivity contribution in [2.75, 3.05) is 5.32 Å². The third kappa shape index (κ3) is 5.79. The van der Waals surface area contributed by atoms with E-state index in [0.29, 0.717) is 12.2 Å². The molecule has 0 aliphatic carbocycles. The molecule has 7 heteroatoms. The fraction of sp³-hybridized carbons (Fsp3) is 0.450. The van der Waals surface area contributed by atoms with Gasteiger partial charge in [-0.2, -0.15) is 0 Å². The SMILES string of the molecule is Cc1ccc(NC(=O)N(Cc2nc(C(=O)NC(C)C)cs2)C(C)C)cc1C. The molecular formula is C20H28N4O2S. The molecule has 3 amide bonds. The van der Waals surface area contributed by atoms with E-state index >= 15 is 0 Å². The first-order valence-electron chi connectivity index (χ1n) is 9.07. The van der Waals surface area contributed by atoms with E-state index < -0.39 is 0 Å². The predicted octanol–water partition coefficient (Wildman–Crippen LogP) is 4.34. The summed E-state index contributed by atoms with van der Waals surface area (Å²) >= 11 is 1.39. The normalized spacial score (nSPS) is 11.0. The van der Waals surface area contributed by atoms with Gasteiger partial charge in [-0.25, -0.2) is 9.78 Å². The number of hydrogen-bond acceptors (Lipinski definition) is 4. The highest BCUT2D eigenvalue weighted by Gasteiger charge is 2.20. The fourth-order valence-electron chi connectivity index (χ4n) is 2.47. The Hall–Kier alpha value is -2.41. The second kappa shape index (κ2) is 8.99. The summed E-state index contributed by atoms with van der Waals surface area (Å²) in [5.74, 6) is -0.192. The van der Waals surface area contributed by atoms with Gasteiger partial charge in [-0.3, -0.25) is 4.79 Å². The molecule has 0 saturated heterocycles. The van der Waals surface area contributed by atoms with Crippen molar-refractivity contribution < 1.29 is 9.59 Å². The summed E-state index contributed by atoms with van der Waals surface area (Å²) in [6.45, 7) is 12.1. The van der Waals surface area contributed by atoms with E-state index in [1.165, 1.54) is 16.9 Å². The van der Waals surface area contributed by atoms with Gasteiger partial charge < -0.3 is 15.5 Å². The minimum Gasteiger partial charge on any atom is -0.349 e. The third-order valence-corrected chi connectivity index (χ3v) is 4.99. The monoisotopic (exact) mass is 388 g/mol. The molecule has 6 nitrogen and oxygen atoms in total. The van der Waals surface area contributed by atoms with Crippen molar-refractivity contribution in [1.82, 2.24) is 15.2 Å². The molecule has 1 heterocycles. The van der Waals surface area contributed by atoms with Gasteiger partial charge in [0.05, 0.1) is 6.54 Å². The minimum atomic E-state index is -0.192. The van der Waals surface area contributed by atoms with Crippen LogP contribution in [0.2, 0.25) is 0 Å². The number of amides is 3. The van der Waals surface area contributed by atoms with E-state index in [1.807, 2.05) is 59.7 Å². The van der Waals surface area contributed by atoms with E-state index in [0.717, 1.165) is 16.3 Å². The lowest BCUT2D eigenvalue weighted by Crippen LogP contribution is -2.39. The highest BCUT2D eigenvalue weighted by atomic mass is 32.1. The van der Waals surface area contributed by atoms with Crippen LogP contribution in [0, 0.1) is 13.8 Å². The second-order valence-electron chi connectivity index (χ2n) is 7.21. The van der Waals surface area contributed by atoms with E-state index in [1.54, 1.807) is 10.3 Å². The molecule has 0 fully saturated rings. The van der Waals surface area contributed by atoms with Gasteiger partial charge in [-0.05, 0) is 64.8 Å². The molecule has 0 spiro atoms. The molecular weight excluding hydrogens is 360 g/mol. The summed E-state index contributed by atoms with van der Waals surface area (Å²) in [5.41, 5.74) is 3.47. The van der Waals surface area contributed by atoms with Gasteiger partial charge in [-0.1, -0.05) is 6.07 Å². The largest absolute Gasteiger partial charge is 0.349 e. The second-order valence-corrected chi connectivity index (χ2v) is 8.15. The summed E-state index contributed by atoms with van der Waals surface area (Å²) in [5, 5.41) is 8.24. The summed E-state index contributed by atoms with van der Waals surface area (Å²) in [7, 11) is 0. The highest BCUT2D eigenvalue weighted by molar-refractivity contribution is 7.09. The number of rotatable bonds is 6. The molecule has 0 bridgehead atoms. The molecule has 27 heavy (non-hydrogen) atoms. The Morgan fingerprint density at radius 3 is 2.44 bits per heavy atom. The van der Waals surface area contributed by atoms with Crippen molar-refractivity contribution in [3.05, 3.63) is 45.4 Å². The van der Waals surface area contributed by atoms with Gasteiger partial charge in [-0.15, -0.1) is 11.3 Å². The number of carbonyl (C=O) groups is 2. The lowest BCUT2D eigenvalue weighted by molar-refractivity contribution is 0.0938. The number of nitrogens with zero attached hydrogens (tertiary/aromatic N) is 2. The highest BCUT2D eigenvalue weighted by Crippen LogP contribution is 2.18. The lowest BCUT2D eigenvalue weighted by atomic mass is 10.1. The molecule has 0 atom stereocenters. The first kappa shape index (κ1) is 20.9. The maximum absolute atomic E-state index is 12.8. The van der Waals surface area contributed by atoms with Crippen LogP contribution < -0.4 is 10.6 Å². The van der Waals surface area contributed by atoms with Crippen LogP contribution in [0.5, 0.6) is 0 Å². The van der Waals surface area contributed by atoms with E-state index in [-0.39, 0.29) is 24.0 Å². The molecule has 0 aliphatic rings. The Kier molecular flexibility index (Phi) is 6.96. The zero-order valence-corrected chi connectivity index (χ0v) is 17.6. The minimum absolute atomic E-state index is 0.00612. The number of nitrogens with one attached hydrogen (secondary N) is 2. The number of urea groups is 1. The van der Waals surface area contributed by atoms with Crippen LogP contribution in [-0.2, 0) is 6.54 Å². The summed E-state index contributed by atoms with van der Waals surface area (Å²) in [4.78, 5) is 30.9. The van der Waals surface area contributed by atoms with Crippen molar-refractivity contribution in [2.45, 2.75) is 60.2 Å². The van der Waals surface area contributed by atoms with Gasteiger partial charge in [0.1, 0.15) is 10.7 Å². The molecule has 0 aliphatic heterocycles. The average molecular weight is 389 g/mol. The number of aryl methyl sites for hydroxylation is 2. The first-order chi connectivity index (χ1) is 12.7. The average Bonchev–Trinajstić information content (AvgIpc) is 3.04. The van der Waals surface area contributed by atoms with Crippen molar-refractivity contribution >= 4 is 29.0 Å². The number of anilines is 1.